The summed E-state index contributed by atoms with van der Waals surface area (Å²) in [5.74, 6) is -0.381. The van der Waals surface area contributed by atoms with E-state index in [2.05, 4.69) is 6.92 Å². The Labute approximate surface area is 130 Å². The van der Waals surface area contributed by atoms with E-state index >= 15 is 0 Å². The van der Waals surface area contributed by atoms with Crippen molar-refractivity contribution in [2.75, 3.05) is 19.8 Å². The number of likely N-dealkylation sites (tertiary alicyclic amines) is 1. The second-order valence-electron chi connectivity index (χ2n) is 5.80. The summed E-state index contributed by atoms with van der Waals surface area (Å²) in [5, 5.41) is 0. The molecule has 22 heavy (non-hydrogen) atoms. The van der Waals surface area contributed by atoms with Gasteiger partial charge in [-0.2, -0.15) is 0 Å². The Bertz CT molecular complexity index is 593. The van der Waals surface area contributed by atoms with Crippen molar-refractivity contribution < 1.29 is 19.1 Å². The van der Waals surface area contributed by atoms with Crippen LogP contribution in [-0.4, -0.2) is 47.1 Å². The van der Waals surface area contributed by atoms with Gasteiger partial charge in [0.1, 0.15) is 5.69 Å². The van der Waals surface area contributed by atoms with E-state index in [4.69, 9.17) is 9.47 Å². The van der Waals surface area contributed by atoms with E-state index in [-0.39, 0.29) is 17.9 Å². The van der Waals surface area contributed by atoms with Gasteiger partial charge in [0.05, 0.1) is 31.1 Å². The van der Waals surface area contributed by atoms with Crippen molar-refractivity contribution in [2.45, 2.75) is 45.9 Å². The lowest BCUT2D eigenvalue weighted by molar-refractivity contribution is 0.0502. The molecule has 2 aliphatic rings. The van der Waals surface area contributed by atoms with Crippen LogP contribution in [0.25, 0.3) is 0 Å². The van der Waals surface area contributed by atoms with Gasteiger partial charge in [-0.3, -0.25) is 4.79 Å². The summed E-state index contributed by atoms with van der Waals surface area (Å²) in [7, 11) is 0. The van der Waals surface area contributed by atoms with Gasteiger partial charge in [-0.15, -0.1) is 0 Å². The maximum atomic E-state index is 12.8. The zero-order valence-electron chi connectivity index (χ0n) is 13.1. The van der Waals surface area contributed by atoms with Crippen LogP contribution in [0.5, 0.6) is 0 Å². The molecule has 0 saturated carbocycles. The van der Waals surface area contributed by atoms with Crippen molar-refractivity contribution in [3.63, 3.8) is 0 Å². The molecule has 120 valence electrons. The number of esters is 1. The minimum Gasteiger partial charge on any atom is -0.462 e. The SMILES string of the molecule is CCOC(=O)c1cc(C(=O)N2CCC[C@@H]2C)n2c1COCC2. The van der Waals surface area contributed by atoms with Gasteiger partial charge in [0.25, 0.3) is 5.91 Å². The predicted molar refractivity (Wildman–Crippen MR) is 79.8 cm³/mol. The fourth-order valence-corrected chi connectivity index (χ4v) is 3.27. The lowest BCUT2D eigenvalue weighted by Crippen LogP contribution is -2.35. The minimum absolute atomic E-state index is 0.00342. The van der Waals surface area contributed by atoms with E-state index in [0.717, 1.165) is 25.1 Å². The molecule has 1 aromatic heterocycles. The largest absolute Gasteiger partial charge is 0.462 e. The number of amides is 1. The van der Waals surface area contributed by atoms with E-state index in [1.807, 2.05) is 9.47 Å². The molecule has 1 fully saturated rings. The fourth-order valence-electron chi connectivity index (χ4n) is 3.27. The zero-order valence-corrected chi connectivity index (χ0v) is 13.1. The van der Waals surface area contributed by atoms with Crippen LogP contribution in [0.2, 0.25) is 0 Å². The molecule has 1 atom stereocenters. The molecular formula is C16H22N2O4. The number of hydrogen-bond acceptors (Lipinski definition) is 4. The van der Waals surface area contributed by atoms with Crippen LogP contribution in [0.15, 0.2) is 6.07 Å². The molecule has 0 unspecified atom stereocenters. The summed E-state index contributed by atoms with van der Waals surface area (Å²) in [4.78, 5) is 26.9. The Kier molecular flexibility index (Phi) is 4.20. The average molecular weight is 306 g/mol. The third-order valence-electron chi connectivity index (χ3n) is 4.43. The molecule has 0 aliphatic carbocycles. The van der Waals surface area contributed by atoms with Crippen LogP contribution in [0.3, 0.4) is 0 Å². The second kappa shape index (κ2) is 6.12. The first-order valence-electron chi connectivity index (χ1n) is 7.91. The van der Waals surface area contributed by atoms with Gasteiger partial charge in [-0.05, 0) is 32.8 Å². The first-order valence-corrected chi connectivity index (χ1v) is 7.91. The zero-order chi connectivity index (χ0) is 15.7. The number of aromatic nitrogens is 1. The van der Waals surface area contributed by atoms with Crippen molar-refractivity contribution in [2.24, 2.45) is 0 Å². The average Bonchev–Trinajstić information content (AvgIpc) is 3.10. The Morgan fingerprint density at radius 2 is 2.23 bits per heavy atom. The Morgan fingerprint density at radius 1 is 1.41 bits per heavy atom. The molecule has 0 aromatic carbocycles. The highest BCUT2D eigenvalue weighted by Gasteiger charge is 2.32. The number of fused-ring (bicyclic) bond motifs is 1. The quantitative estimate of drug-likeness (QED) is 0.799. The number of rotatable bonds is 3. The van der Waals surface area contributed by atoms with E-state index in [0.29, 0.717) is 37.6 Å². The van der Waals surface area contributed by atoms with Gasteiger partial charge in [0.15, 0.2) is 0 Å². The molecule has 0 N–H and O–H groups in total. The molecule has 1 amide bonds. The first-order chi connectivity index (χ1) is 10.6. The number of carbonyl (C=O) groups excluding carboxylic acids is 2. The van der Waals surface area contributed by atoms with Crippen LogP contribution in [0, 0.1) is 0 Å². The summed E-state index contributed by atoms with van der Waals surface area (Å²) >= 11 is 0. The van der Waals surface area contributed by atoms with Crippen molar-refractivity contribution in [1.82, 2.24) is 9.47 Å². The third-order valence-corrected chi connectivity index (χ3v) is 4.43. The van der Waals surface area contributed by atoms with Crippen LogP contribution < -0.4 is 0 Å². The van der Waals surface area contributed by atoms with E-state index in [9.17, 15) is 9.59 Å². The molecule has 6 heteroatoms. The van der Waals surface area contributed by atoms with E-state index in [1.165, 1.54) is 0 Å². The van der Waals surface area contributed by atoms with E-state index < -0.39 is 0 Å². The normalized spacial score (nSPS) is 20.8. The third kappa shape index (κ3) is 2.52. The summed E-state index contributed by atoms with van der Waals surface area (Å²) < 4.78 is 12.5. The van der Waals surface area contributed by atoms with Gasteiger partial charge in [0, 0.05) is 19.1 Å². The molecule has 2 aliphatic heterocycles. The highest BCUT2D eigenvalue weighted by Crippen LogP contribution is 2.26. The van der Waals surface area contributed by atoms with Crippen LogP contribution in [0.1, 0.15) is 53.2 Å². The Balaban J connectivity index is 1.97. The van der Waals surface area contributed by atoms with Crippen molar-refractivity contribution >= 4 is 11.9 Å². The number of nitrogens with zero attached hydrogens (tertiary/aromatic N) is 2. The molecule has 6 nitrogen and oxygen atoms in total. The molecular weight excluding hydrogens is 284 g/mol. The van der Waals surface area contributed by atoms with Gasteiger partial charge >= 0.3 is 5.97 Å². The minimum atomic E-state index is -0.384. The maximum Gasteiger partial charge on any atom is 0.340 e. The fraction of sp³-hybridized carbons (Fsp3) is 0.625. The molecule has 3 rings (SSSR count). The topological polar surface area (TPSA) is 60.8 Å². The molecule has 0 bridgehead atoms. The lowest BCUT2D eigenvalue weighted by atomic mass is 10.2. The number of ether oxygens (including phenoxy) is 2. The second-order valence-corrected chi connectivity index (χ2v) is 5.80. The Hall–Kier alpha value is -1.82. The first kappa shape index (κ1) is 15.1. The van der Waals surface area contributed by atoms with Crippen molar-refractivity contribution in [1.29, 1.82) is 0 Å². The van der Waals surface area contributed by atoms with Crippen LogP contribution >= 0.6 is 0 Å². The van der Waals surface area contributed by atoms with Gasteiger partial charge in [-0.25, -0.2) is 4.79 Å². The summed E-state index contributed by atoms with van der Waals surface area (Å²) in [6.07, 6.45) is 2.07. The monoisotopic (exact) mass is 306 g/mol. The highest BCUT2D eigenvalue weighted by atomic mass is 16.5. The number of carbonyl (C=O) groups is 2. The predicted octanol–water partition coefficient (Wildman–Crippen LogP) is 1.82. The summed E-state index contributed by atoms with van der Waals surface area (Å²) in [6.45, 7) is 6.44. The lowest BCUT2D eigenvalue weighted by Gasteiger charge is -2.24. The molecule has 0 radical (unpaired) electrons. The summed E-state index contributed by atoms with van der Waals surface area (Å²) in [5.41, 5.74) is 1.78. The van der Waals surface area contributed by atoms with Crippen LogP contribution in [0.4, 0.5) is 0 Å². The molecule has 1 saturated heterocycles. The van der Waals surface area contributed by atoms with Crippen LogP contribution in [-0.2, 0) is 22.6 Å². The van der Waals surface area contributed by atoms with Gasteiger partial charge in [0.2, 0.25) is 0 Å². The van der Waals surface area contributed by atoms with Crippen molar-refractivity contribution in [3.05, 3.63) is 23.0 Å². The summed E-state index contributed by atoms with van der Waals surface area (Å²) in [6, 6.07) is 1.93. The maximum absolute atomic E-state index is 12.8. The van der Waals surface area contributed by atoms with Gasteiger partial charge in [-0.1, -0.05) is 0 Å². The Morgan fingerprint density at radius 3 is 2.91 bits per heavy atom. The van der Waals surface area contributed by atoms with E-state index in [1.54, 1.807) is 13.0 Å². The number of hydrogen-bond donors (Lipinski definition) is 0. The van der Waals surface area contributed by atoms with Crippen molar-refractivity contribution in [3.8, 4) is 0 Å². The standard InChI is InChI=1S/C16H22N2O4/c1-3-22-16(20)12-9-13(18-7-8-21-10-14(12)18)15(19)17-6-4-5-11(17)2/h9,11H,3-8,10H2,1-2H3/t11-/m0/s1. The molecule has 0 spiro atoms. The molecule has 3 heterocycles. The smallest absolute Gasteiger partial charge is 0.340 e. The van der Waals surface area contributed by atoms with Gasteiger partial charge < -0.3 is 18.9 Å². The molecule has 1 aromatic rings. The highest BCUT2D eigenvalue weighted by molar-refractivity contribution is 5.98.